The molecule has 1 aromatic heterocycles. The third-order valence-electron chi connectivity index (χ3n) is 4.40. The first-order valence-corrected chi connectivity index (χ1v) is 10.6. The molecule has 1 amide bonds. The van der Waals surface area contributed by atoms with Crippen LogP contribution < -0.4 is 10.1 Å². The Morgan fingerprint density at radius 2 is 1.93 bits per heavy atom. The van der Waals surface area contributed by atoms with Crippen LogP contribution in [0.4, 0.5) is 5.69 Å². The van der Waals surface area contributed by atoms with E-state index in [4.69, 9.17) is 9.26 Å². The van der Waals surface area contributed by atoms with Crippen LogP contribution in [-0.2, 0) is 10.0 Å². The van der Waals surface area contributed by atoms with Gasteiger partial charge in [0.1, 0.15) is 11.3 Å². The molecule has 0 fully saturated rings. The number of carbonyl (C=O) groups is 1. The molecule has 1 aromatic carbocycles. The van der Waals surface area contributed by atoms with Gasteiger partial charge in [0.05, 0.1) is 23.4 Å². The fraction of sp³-hybridized carbons (Fsp3) is 0.474. The van der Waals surface area contributed by atoms with Crippen molar-refractivity contribution in [1.29, 1.82) is 0 Å². The Bertz CT molecular complexity index is 946. The molecule has 0 radical (unpaired) electrons. The van der Waals surface area contributed by atoms with Gasteiger partial charge in [0.2, 0.25) is 10.0 Å². The lowest BCUT2D eigenvalue weighted by Gasteiger charge is -2.19. The van der Waals surface area contributed by atoms with Crippen molar-refractivity contribution in [3.8, 4) is 5.75 Å². The minimum absolute atomic E-state index is 0.0294. The number of nitrogens with zero attached hydrogens (tertiary/aromatic N) is 2. The lowest BCUT2D eigenvalue weighted by atomic mass is 10.0. The van der Waals surface area contributed by atoms with E-state index in [0.29, 0.717) is 35.9 Å². The van der Waals surface area contributed by atoms with Crippen molar-refractivity contribution in [2.45, 2.75) is 45.4 Å². The van der Waals surface area contributed by atoms with E-state index in [1.165, 1.54) is 29.6 Å². The van der Waals surface area contributed by atoms with Gasteiger partial charge in [-0.3, -0.25) is 4.79 Å². The van der Waals surface area contributed by atoms with Gasteiger partial charge in [0.15, 0.2) is 5.76 Å². The standard InChI is InChI=1S/C19H27N3O5S/c1-7-22(8-2)28(24,25)14-9-10-16(26-6)15(11-14)20-19(23)17-13(5)21-27-18(17)12(3)4/h9-12H,7-8H2,1-6H3,(H,20,23). The largest absolute Gasteiger partial charge is 0.495 e. The normalized spacial score (nSPS) is 11.9. The summed E-state index contributed by atoms with van der Waals surface area (Å²) in [4.78, 5) is 13.0. The molecule has 154 valence electrons. The second kappa shape index (κ2) is 8.74. The van der Waals surface area contributed by atoms with E-state index >= 15 is 0 Å². The van der Waals surface area contributed by atoms with E-state index in [2.05, 4.69) is 10.5 Å². The Hall–Kier alpha value is -2.39. The summed E-state index contributed by atoms with van der Waals surface area (Å²) < 4.78 is 37.5. The molecule has 0 aliphatic carbocycles. The number of benzene rings is 1. The Kier molecular flexibility index (Phi) is 6.84. The number of anilines is 1. The molecule has 0 saturated heterocycles. The molecule has 9 heteroatoms. The topological polar surface area (TPSA) is 102 Å². The molecule has 28 heavy (non-hydrogen) atoms. The molecule has 0 saturated carbocycles. The zero-order chi connectivity index (χ0) is 21.1. The maximum absolute atomic E-state index is 12.9. The number of ether oxygens (including phenoxy) is 1. The average Bonchev–Trinajstić information content (AvgIpc) is 3.04. The number of rotatable bonds is 8. The molecule has 2 aromatic rings. The summed E-state index contributed by atoms with van der Waals surface area (Å²) in [5.41, 5.74) is 1.07. The second-order valence-corrected chi connectivity index (χ2v) is 8.51. The van der Waals surface area contributed by atoms with E-state index in [0.717, 1.165) is 0 Å². The minimum Gasteiger partial charge on any atom is -0.495 e. The minimum atomic E-state index is -3.67. The number of aromatic nitrogens is 1. The molecule has 1 N–H and O–H groups in total. The predicted octanol–water partition coefficient (Wildman–Crippen LogP) is 3.40. The summed E-state index contributed by atoms with van der Waals surface area (Å²) in [7, 11) is -2.22. The van der Waals surface area contributed by atoms with Gasteiger partial charge in [-0.25, -0.2) is 8.42 Å². The lowest BCUT2D eigenvalue weighted by Crippen LogP contribution is -2.30. The molecule has 2 rings (SSSR count). The van der Waals surface area contributed by atoms with Crippen molar-refractivity contribution in [2.75, 3.05) is 25.5 Å². The molecular weight excluding hydrogens is 382 g/mol. The zero-order valence-corrected chi connectivity index (χ0v) is 17.9. The SMILES string of the molecule is CCN(CC)S(=O)(=O)c1ccc(OC)c(NC(=O)c2c(C)noc2C(C)C)c1. The van der Waals surface area contributed by atoms with E-state index in [9.17, 15) is 13.2 Å². The maximum Gasteiger partial charge on any atom is 0.261 e. The Morgan fingerprint density at radius 1 is 1.29 bits per heavy atom. The van der Waals surface area contributed by atoms with Crippen molar-refractivity contribution in [1.82, 2.24) is 9.46 Å². The Morgan fingerprint density at radius 3 is 2.46 bits per heavy atom. The highest BCUT2D eigenvalue weighted by atomic mass is 32.2. The summed E-state index contributed by atoms with van der Waals surface area (Å²) in [6, 6.07) is 4.39. The smallest absolute Gasteiger partial charge is 0.261 e. The molecule has 0 aliphatic heterocycles. The number of aryl methyl sites for hydroxylation is 1. The highest BCUT2D eigenvalue weighted by molar-refractivity contribution is 7.89. The molecular formula is C19H27N3O5S. The number of nitrogens with one attached hydrogen (secondary N) is 1. The molecule has 0 aliphatic rings. The van der Waals surface area contributed by atoms with Gasteiger partial charge >= 0.3 is 0 Å². The third kappa shape index (κ3) is 4.20. The van der Waals surface area contributed by atoms with E-state index < -0.39 is 15.9 Å². The monoisotopic (exact) mass is 409 g/mol. The summed E-state index contributed by atoms with van der Waals surface area (Å²) in [5.74, 6) is 0.365. The predicted molar refractivity (Wildman–Crippen MR) is 106 cm³/mol. The van der Waals surface area contributed by atoms with Gasteiger partial charge < -0.3 is 14.6 Å². The fourth-order valence-electron chi connectivity index (χ4n) is 2.90. The first-order valence-electron chi connectivity index (χ1n) is 9.12. The number of hydrogen-bond acceptors (Lipinski definition) is 6. The van der Waals surface area contributed by atoms with Crippen LogP contribution in [0.3, 0.4) is 0 Å². The first kappa shape index (κ1) is 21.9. The maximum atomic E-state index is 12.9. The van der Waals surface area contributed by atoms with Gasteiger partial charge in [-0.05, 0) is 25.1 Å². The Labute approximate surface area is 165 Å². The van der Waals surface area contributed by atoms with Crippen LogP contribution >= 0.6 is 0 Å². The summed E-state index contributed by atoms with van der Waals surface area (Å²) in [6.45, 7) is 9.73. The highest BCUT2D eigenvalue weighted by Crippen LogP contribution is 2.30. The van der Waals surface area contributed by atoms with Crippen LogP contribution in [0.15, 0.2) is 27.6 Å². The van der Waals surface area contributed by atoms with Crippen LogP contribution in [0.2, 0.25) is 0 Å². The van der Waals surface area contributed by atoms with Crippen molar-refractivity contribution >= 4 is 21.6 Å². The van der Waals surface area contributed by atoms with Crippen LogP contribution in [0, 0.1) is 6.92 Å². The summed E-state index contributed by atoms with van der Waals surface area (Å²) in [6.07, 6.45) is 0. The van der Waals surface area contributed by atoms with Gasteiger partial charge in [-0.15, -0.1) is 0 Å². The van der Waals surface area contributed by atoms with Gasteiger partial charge in [-0.1, -0.05) is 32.9 Å². The number of methoxy groups -OCH3 is 1. The van der Waals surface area contributed by atoms with Crippen LogP contribution in [0.5, 0.6) is 5.75 Å². The number of carbonyl (C=O) groups excluding carboxylic acids is 1. The quantitative estimate of drug-likeness (QED) is 0.717. The van der Waals surface area contributed by atoms with Gasteiger partial charge in [0.25, 0.3) is 5.91 Å². The second-order valence-electron chi connectivity index (χ2n) is 6.57. The lowest BCUT2D eigenvalue weighted by molar-refractivity contribution is 0.102. The van der Waals surface area contributed by atoms with E-state index in [1.807, 2.05) is 13.8 Å². The molecule has 1 heterocycles. The molecule has 0 bridgehead atoms. The van der Waals surface area contributed by atoms with Gasteiger partial charge in [-0.2, -0.15) is 4.31 Å². The number of amides is 1. The van der Waals surface area contributed by atoms with Crippen molar-refractivity contribution in [2.24, 2.45) is 0 Å². The summed E-state index contributed by atoms with van der Waals surface area (Å²) >= 11 is 0. The Balaban J connectivity index is 2.46. The molecule has 0 spiro atoms. The van der Waals surface area contributed by atoms with Crippen molar-refractivity contribution in [3.05, 3.63) is 35.2 Å². The van der Waals surface area contributed by atoms with Crippen LogP contribution in [0.1, 0.15) is 55.4 Å². The zero-order valence-electron chi connectivity index (χ0n) is 17.1. The molecule has 8 nitrogen and oxygen atoms in total. The molecule has 0 unspecified atom stereocenters. The van der Waals surface area contributed by atoms with Crippen LogP contribution in [0.25, 0.3) is 0 Å². The highest BCUT2D eigenvalue weighted by Gasteiger charge is 2.26. The van der Waals surface area contributed by atoms with Gasteiger partial charge in [0, 0.05) is 19.0 Å². The van der Waals surface area contributed by atoms with E-state index in [1.54, 1.807) is 20.8 Å². The summed E-state index contributed by atoms with van der Waals surface area (Å²) in [5, 5.41) is 6.62. The average molecular weight is 410 g/mol. The van der Waals surface area contributed by atoms with E-state index in [-0.39, 0.29) is 16.5 Å². The molecule has 0 atom stereocenters. The van der Waals surface area contributed by atoms with Crippen molar-refractivity contribution < 1.29 is 22.5 Å². The first-order chi connectivity index (χ1) is 13.2. The fourth-order valence-corrected chi connectivity index (χ4v) is 4.38. The number of sulfonamides is 1. The van der Waals surface area contributed by atoms with Crippen LogP contribution in [-0.4, -0.2) is 44.0 Å². The van der Waals surface area contributed by atoms with Crippen molar-refractivity contribution in [3.63, 3.8) is 0 Å². The number of hydrogen-bond donors (Lipinski definition) is 1. The third-order valence-corrected chi connectivity index (χ3v) is 6.45.